The minimum Gasteiger partial charge on any atom is -0.329 e. The topological polar surface area (TPSA) is 96.0 Å². The zero-order chi connectivity index (χ0) is 13.1. The fourth-order valence-electron chi connectivity index (χ4n) is 1.34. The number of hydrogen-bond acceptors (Lipinski definition) is 4. The van der Waals surface area contributed by atoms with E-state index in [2.05, 4.69) is 4.72 Å². The molecule has 0 fully saturated rings. The van der Waals surface area contributed by atoms with E-state index >= 15 is 0 Å². The van der Waals surface area contributed by atoms with Gasteiger partial charge in [-0.05, 0) is 31.5 Å². The monoisotopic (exact) mass is 289 g/mol. The Morgan fingerprint density at radius 2 is 2.11 bits per heavy atom. The number of sulfonamides is 1. The van der Waals surface area contributed by atoms with Crippen molar-refractivity contribution in [2.45, 2.75) is 24.8 Å². The molecular formula is C11H16ClN3O2S. The number of nitrogens with zero attached hydrogens (tertiary/aromatic N) is 1. The second-order valence-electron chi connectivity index (χ2n) is 3.85. The van der Waals surface area contributed by atoms with E-state index in [0.29, 0.717) is 11.1 Å². The van der Waals surface area contributed by atoms with Crippen molar-refractivity contribution < 1.29 is 8.42 Å². The number of hydrogen-bond donors (Lipinski definition) is 2. The fraction of sp³-hybridized carbons (Fsp3) is 0.364. The highest BCUT2D eigenvalue weighted by Crippen LogP contribution is 2.16. The molecule has 0 spiro atoms. The summed E-state index contributed by atoms with van der Waals surface area (Å²) in [6, 6.07) is 6.13. The SMILES string of the molecule is Cc1ccc(C#N)cc1S(=O)(=O)N[C@@H](C)CN.Cl. The third kappa shape index (κ3) is 3.96. The first-order chi connectivity index (χ1) is 7.90. The molecule has 0 aliphatic carbocycles. The maximum Gasteiger partial charge on any atom is 0.241 e. The lowest BCUT2D eigenvalue weighted by Gasteiger charge is -2.13. The molecule has 0 aliphatic rings. The van der Waals surface area contributed by atoms with Gasteiger partial charge in [0.1, 0.15) is 0 Å². The summed E-state index contributed by atoms with van der Waals surface area (Å²) in [5.74, 6) is 0. The van der Waals surface area contributed by atoms with Crippen LogP contribution in [0.4, 0.5) is 0 Å². The number of nitrogens with one attached hydrogen (secondary N) is 1. The van der Waals surface area contributed by atoms with E-state index < -0.39 is 10.0 Å². The Morgan fingerprint density at radius 3 is 2.61 bits per heavy atom. The normalized spacial score (nSPS) is 12.3. The van der Waals surface area contributed by atoms with Gasteiger partial charge in [-0.3, -0.25) is 0 Å². The highest BCUT2D eigenvalue weighted by atomic mass is 35.5. The van der Waals surface area contributed by atoms with Crippen molar-refractivity contribution in [2.75, 3.05) is 6.54 Å². The second kappa shape index (κ2) is 6.71. The molecule has 0 radical (unpaired) electrons. The molecule has 18 heavy (non-hydrogen) atoms. The Bertz CT molecular complexity index is 552. The van der Waals surface area contributed by atoms with Crippen molar-refractivity contribution in [2.24, 2.45) is 5.73 Å². The van der Waals surface area contributed by atoms with Crippen LogP contribution in [0.3, 0.4) is 0 Å². The van der Waals surface area contributed by atoms with E-state index in [9.17, 15) is 8.42 Å². The Kier molecular flexibility index (Phi) is 6.29. The number of nitriles is 1. The van der Waals surface area contributed by atoms with Crippen molar-refractivity contribution in [1.29, 1.82) is 5.26 Å². The van der Waals surface area contributed by atoms with Gasteiger partial charge in [-0.2, -0.15) is 5.26 Å². The molecule has 1 atom stereocenters. The standard InChI is InChI=1S/C11H15N3O2S.ClH/c1-8-3-4-10(7-13)5-11(8)17(15,16)14-9(2)6-12;/h3-5,9,14H,6,12H2,1-2H3;1H/t9-;/m0./s1. The molecule has 0 bridgehead atoms. The second-order valence-corrected chi connectivity index (χ2v) is 5.53. The average Bonchev–Trinajstić information content (AvgIpc) is 2.28. The first-order valence-corrected chi connectivity index (χ1v) is 6.62. The number of halogens is 1. The summed E-state index contributed by atoms with van der Waals surface area (Å²) in [6.45, 7) is 3.58. The van der Waals surface area contributed by atoms with Gasteiger partial charge in [-0.15, -0.1) is 12.4 Å². The van der Waals surface area contributed by atoms with Gasteiger partial charge in [0.2, 0.25) is 10.0 Å². The number of aryl methyl sites for hydroxylation is 1. The van der Waals surface area contributed by atoms with E-state index in [1.807, 2.05) is 6.07 Å². The maximum atomic E-state index is 12.0. The minimum absolute atomic E-state index is 0. The maximum absolute atomic E-state index is 12.0. The molecule has 1 aromatic carbocycles. The molecule has 0 aromatic heterocycles. The summed E-state index contributed by atoms with van der Waals surface area (Å²) in [5.41, 5.74) is 6.29. The molecule has 0 saturated heterocycles. The zero-order valence-corrected chi connectivity index (χ0v) is 11.8. The number of benzene rings is 1. The molecule has 3 N–H and O–H groups in total. The van der Waals surface area contributed by atoms with Crippen molar-refractivity contribution in [3.63, 3.8) is 0 Å². The largest absolute Gasteiger partial charge is 0.329 e. The molecule has 7 heteroatoms. The highest BCUT2D eigenvalue weighted by molar-refractivity contribution is 7.89. The first kappa shape index (κ1) is 16.9. The van der Waals surface area contributed by atoms with Crippen LogP contribution in [-0.4, -0.2) is 21.0 Å². The predicted octanol–water partition coefficient (Wildman–Crippen LogP) is 0.914. The molecule has 0 amide bonds. The van der Waals surface area contributed by atoms with Gasteiger partial charge in [0.15, 0.2) is 0 Å². The van der Waals surface area contributed by atoms with Gasteiger partial charge in [0.05, 0.1) is 16.5 Å². The van der Waals surface area contributed by atoms with E-state index in [-0.39, 0.29) is 29.9 Å². The molecule has 0 saturated carbocycles. The van der Waals surface area contributed by atoms with Gasteiger partial charge in [-0.1, -0.05) is 6.07 Å². The fourth-order valence-corrected chi connectivity index (χ4v) is 2.86. The minimum atomic E-state index is -3.62. The molecule has 5 nitrogen and oxygen atoms in total. The van der Waals surface area contributed by atoms with Gasteiger partial charge >= 0.3 is 0 Å². The van der Waals surface area contributed by atoms with Crippen LogP contribution in [0.1, 0.15) is 18.1 Å². The summed E-state index contributed by atoms with van der Waals surface area (Å²) in [5, 5.41) is 8.76. The Hall–Kier alpha value is -1.13. The van der Waals surface area contributed by atoms with Crippen LogP contribution in [0.25, 0.3) is 0 Å². The quantitative estimate of drug-likeness (QED) is 0.861. The lowest BCUT2D eigenvalue weighted by Crippen LogP contribution is -2.38. The Balaban J connectivity index is 0.00000289. The highest BCUT2D eigenvalue weighted by Gasteiger charge is 2.19. The van der Waals surface area contributed by atoms with Crippen molar-refractivity contribution in [3.8, 4) is 6.07 Å². The predicted molar refractivity (Wildman–Crippen MR) is 72.0 cm³/mol. The third-order valence-electron chi connectivity index (χ3n) is 2.32. The van der Waals surface area contributed by atoms with Gasteiger partial charge in [0.25, 0.3) is 0 Å². The lowest BCUT2D eigenvalue weighted by molar-refractivity contribution is 0.562. The lowest BCUT2D eigenvalue weighted by atomic mass is 10.2. The third-order valence-corrected chi connectivity index (χ3v) is 4.05. The van der Waals surface area contributed by atoms with Gasteiger partial charge in [-0.25, -0.2) is 13.1 Å². The van der Waals surface area contributed by atoms with E-state index in [1.165, 1.54) is 6.07 Å². The summed E-state index contributed by atoms with van der Waals surface area (Å²) in [4.78, 5) is 0.122. The molecule has 100 valence electrons. The summed E-state index contributed by atoms with van der Waals surface area (Å²) < 4.78 is 26.5. The van der Waals surface area contributed by atoms with E-state index in [0.717, 1.165) is 0 Å². The molecule has 1 rings (SSSR count). The molecule has 0 unspecified atom stereocenters. The van der Waals surface area contributed by atoms with Gasteiger partial charge in [0, 0.05) is 12.6 Å². The van der Waals surface area contributed by atoms with Crippen LogP contribution in [0.2, 0.25) is 0 Å². The van der Waals surface area contributed by atoms with Crippen molar-refractivity contribution in [3.05, 3.63) is 29.3 Å². The smallest absolute Gasteiger partial charge is 0.241 e. The van der Waals surface area contributed by atoms with Crippen molar-refractivity contribution >= 4 is 22.4 Å². The average molecular weight is 290 g/mol. The molecule has 0 heterocycles. The molecule has 1 aromatic rings. The summed E-state index contributed by atoms with van der Waals surface area (Å²) in [7, 11) is -3.62. The van der Waals surface area contributed by atoms with Crippen LogP contribution >= 0.6 is 12.4 Å². The summed E-state index contributed by atoms with van der Waals surface area (Å²) >= 11 is 0. The Labute approximate surface area is 113 Å². The first-order valence-electron chi connectivity index (χ1n) is 5.14. The number of nitrogens with two attached hydrogens (primary N) is 1. The van der Waals surface area contributed by atoms with Crippen LogP contribution in [-0.2, 0) is 10.0 Å². The van der Waals surface area contributed by atoms with E-state index in [4.69, 9.17) is 11.0 Å². The van der Waals surface area contributed by atoms with E-state index in [1.54, 1.807) is 26.0 Å². The van der Waals surface area contributed by atoms with Gasteiger partial charge < -0.3 is 5.73 Å². The van der Waals surface area contributed by atoms with Crippen LogP contribution in [0.15, 0.2) is 23.1 Å². The van der Waals surface area contributed by atoms with Crippen LogP contribution in [0, 0.1) is 18.3 Å². The molecule has 0 aliphatic heterocycles. The number of rotatable bonds is 4. The Morgan fingerprint density at radius 1 is 1.50 bits per heavy atom. The van der Waals surface area contributed by atoms with Crippen LogP contribution < -0.4 is 10.5 Å². The van der Waals surface area contributed by atoms with Crippen LogP contribution in [0.5, 0.6) is 0 Å². The summed E-state index contributed by atoms with van der Waals surface area (Å²) in [6.07, 6.45) is 0. The zero-order valence-electron chi connectivity index (χ0n) is 10.2. The molecular weight excluding hydrogens is 274 g/mol. The van der Waals surface area contributed by atoms with Crippen molar-refractivity contribution in [1.82, 2.24) is 4.72 Å².